The Hall–Kier alpha value is -1.57. The van der Waals surface area contributed by atoms with Crippen molar-refractivity contribution < 1.29 is 4.79 Å². The maximum atomic E-state index is 11.1. The minimum Gasteiger partial charge on any atom is -0.345 e. The molecule has 0 radical (unpaired) electrons. The number of benzene rings is 1. The van der Waals surface area contributed by atoms with Crippen LogP contribution in [0.15, 0.2) is 42.5 Å². The van der Waals surface area contributed by atoms with E-state index in [1.807, 2.05) is 30.3 Å². The van der Waals surface area contributed by atoms with Crippen molar-refractivity contribution in [1.29, 1.82) is 0 Å². The molecule has 0 saturated carbocycles. The van der Waals surface area contributed by atoms with Crippen molar-refractivity contribution in [3.05, 3.63) is 48.0 Å². The van der Waals surface area contributed by atoms with Crippen molar-refractivity contribution in [2.45, 2.75) is 12.5 Å². The van der Waals surface area contributed by atoms with Crippen LogP contribution in [0.4, 0.5) is 0 Å². The molecule has 1 heterocycles. The Morgan fingerprint density at radius 1 is 1.31 bits per heavy atom. The van der Waals surface area contributed by atoms with Gasteiger partial charge in [0.25, 0.3) is 0 Å². The van der Waals surface area contributed by atoms with Gasteiger partial charge in [-0.15, -0.1) is 0 Å². The van der Waals surface area contributed by atoms with Gasteiger partial charge in [0, 0.05) is 12.0 Å². The number of hydrogen-bond acceptors (Lipinski definition) is 1. The van der Waals surface area contributed by atoms with Gasteiger partial charge in [0.15, 0.2) is 0 Å². The van der Waals surface area contributed by atoms with Gasteiger partial charge in [-0.1, -0.05) is 36.9 Å². The van der Waals surface area contributed by atoms with Gasteiger partial charge in [-0.25, -0.2) is 0 Å². The van der Waals surface area contributed by atoms with E-state index in [0.29, 0.717) is 5.57 Å². The summed E-state index contributed by atoms with van der Waals surface area (Å²) >= 11 is 0. The Kier molecular flexibility index (Phi) is 1.89. The molecule has 2 nitrogen and oxygen atoms in total. The van der Waals surface area contributed by atoms with E-state index in [0.717, 1.165) is 12.0 Å². The maximum Gasteiger partial charge on any atom is 0.247 e. The average Bonchev–Trinajstić information content (AvgIpc) is 2.49. The Morgan fingerprint density at radius 2 is 2.00 bits per heavy atom. The summed E-state index contributed by atoms with van der Waals surface area (Å²) in [7, 11) is 0. The Balaban J connectivity index is 2.21. The number of carbonyl (C=O) groups is 1. The van der Waals surface area contributed by atoms with Crippen LogP contribution in [-0.2, 0) is 4.79 Å². The summed E-state index contributed by atoms with van der Waals surface area (Å²) in [5.41, 5.74) is 1.82. The molecule has 1 saturated heterocycles. The molecule has 1 N–H and O–H groups in total. The fraction of sp³-hybridized carbons (Fsp3) is 0.182. The van der Waals surface area contributed by atoms with Crippen molar-refractivity contribution in [2.24, 2.45) is 0 Å². The van der Waals surface area contributed by atoms with Crippen LogP contribution in [0.3, 0.4) is 0 Å². The number of hydrogen-bond donors (Lipinski definition) is 1. The summed E-state index contributed by atoms with van der Waals surface area (Å²) in [5, 5.41) is 2.88. The minimum atomic E-state index is -0.0196. The van der Waals surface area contributed by atoms with Crippen molar-refractivity contribution in [1.82, 2.24) is 5.32 Å². The molecule has 2 rings (SSSR count). The number of rotatable bonds is 1. The zero-order valence-electron chi connectivity index (χ0n) is 7.29. The topological polar surface area (TPSA) is 29.1 Å². The van der Waals surface area contributed by atoms with E-state index >= 15 is 0 Å². The molecule has 1 aliphatic rings. The van der Waals surface area contributed by atoms with E-state index in [-0.39, 0.29) is 11.9 Å². The quantitative estimate of drug-likeness (QED) is 0.645. The Bertz CT molecular complexity index is 326. The summed E-state index contributed by atoms with van der Waals surface area (Å²) in [6, 6.07) is 10.1. The first-order valence-electron chi connectivity index (χ1n) is 4.31. The van der Waals surface area contributed by atoms with E-state index < -0.39 is 0 Å². The van der Waals surface area contributed by atoms with Crippen LogP contribution in [0.2, 0.25) is 0 Å². The molecule has 1 fully saturated rings. The highest BCUT2D eigenvalue weighted by Crippen LogP contribution is 2.25. The second-order valence-corrected chi connectivity index (χ2v) is 3.24. The first-order valence-corrected chi connectivity index (χ1v) is 4.31. The molecule has 0 spiro atoms. The molecule has 0 unspecified atom stereocenters. The molecular formula is C11H11NO. The zero-order valence-corrected chi connectivity index (χ0v) is 7.29. The van der Waals surface area contributed by atoms with Gasteiger partial charge in [0.05, 0.1) is 6.04 Å². The molecule has 1 amide bonds. The molecule has 0 aromatic heterocycles. The van der Waals surface area contributed by atoms with Crippen LogP contribution in [0.5, 0.6) is 0 Å². The molecule has 1 atom stereocenters. The smallest absolute Gasteiger partial charge is 0.247 e. The van der Waals surface area contributed by atoms with Gasteiger partial charge in [0.1, 0.15) is 0 Å². The second-order valence-electron chi connectivity index (χ2n) is 3.24. The third-order valence-corrected chi connectivity index (χ3v) is 2.28. The van der Waals surface area contributed by atoms with Crippen LogP contribution < -0.4 is 5.32 Å². The lowest BCUT2D eigenvalue weighted by molar-refractivity contribution is -0.116. The SMILES string of the molecule is C=C1C[C@@H](c2ccccc2)NC1=O. The van der Waals surface area contributed by atoms with Crippen LogP contribution in [0.1, 0.15) is 18.0 Å². The van der Waals surface area contributed by atoms with Crippen molar-refractivity contribution >= 4 is 5.91 Å². The predicted molar refractivity (Wildman–Crippen MR) is 51.1 cm³/mol. The standard InChI is InChI=1S/C11H11NO/c1-8-7-10(12-11(8)13)9-5-3-2-4-6-9/h2-6,10H,1,7H2,(H,12,13)/t10-/m0/s1. The molecule has 1 aromatic carbocycles. The summed E-state index contributed by atoms with van der Waals surface area (Å²) in [5.74, 6) is -0.0196. The van der Waals surface area contributed by atoms with E-state index in [9.17, 15) is 4.79 Å². The van der Waals surface area contributed by atoms with Gasteiger partial charge in [-0.05, 0) is 5.56 Å². The molecule has 13 heavy (non-hydrogen) atoms. The van der Waals surface area contributed by atoms with E-state index in [1.54, 1.807) is 0 Å². The zero-order chi connectivity index (χ0) is 9.26. The van der Waals surface area contributed by atoms with Gasteiger partial charge in [0.2, 0.25) is 5.91 Å². The molecule has 0 bridgehead atoms. The average molecular weight is 173 g/mol. The maximum absolute atomic E-state index is 11.1. The predicted octanol–water partition coefficient (Wildman–Crippen LogP) is 1.80. The van der Waals surface area contributed by atoms with E-state index in [1.165, 1.54) is 0 Å². The number of nitrogens with one attached hydrogen (secondary N) is 1. The fourth-order valence-corrected chi connectivity index (χ4v) is 1.54. The van der Waals surface area contributed by atoms with Crippen molar-refractivity contribution in [3.63, 3.8) is 0 Å². The fourth-order valence-electron chi connectivity index (χ4n) is 1.54. The summed E-state index contributed by atoms with van der Waals surface area (Å²) in [6.07, 6.45) is 0.725. The lowest BCUT2D eigenvalue weighted by Gasteiger charge is -2.08. The first kappa shape index (κ1) is 8.05. The summed E-state index contributed by atoms with van der Waals surface area (Å²) in [4.78, 5) is 11.1. The van der Waals surface area contributed by atoms with Gasteiger partial charge in [-0.3, -0.25) is 4.79 Å². The Morgan fingerprint density at radius 3 is 2.54 bits per heavy atom. The summed E-state index contributed by atoms with van der Waals surface area (Å²) < 4.78 is 0. The lowest BCUT2D eigenvalue weighted by Crippen LogP contribution is -2.18. The van der Waals surface area contributed by atoms with Crippen LogP contribution in [0, 0.1) is 0 Å². The molecule has 66 valence electrons. The van der Waals surface area contributed by atoms with Crippen LogP contribution in [0.25, 0.3) is 0 Å². The molecular weight excluding hydrogens is 162 g/mol. The van der Waals surface area contributed by atoms with E-state index in [2.05, 4.69) is 11.9 Å². The molecule has 2 heteroatoms. The first-order chi connectivity index (χ1) is 6.27. The van der Waals surface area contributed by atoms with Gasteiger partial charge in [-0.2, -0.15) is 0 Å². The molecule has 1 aromatic rings. The third kappa shape index (κ3) is 1.47. The van der Waals surface area contributed by atoms with Crippen molar-refractivity contribution in [2.75, 3.05) is 0 Å². The van der Waals surface area contributed by atoms with Gasteiger partial charge < -0.3 is 5.32 Å². The normalized spacial score (nSPS) is 21.7. The van der Waals surface area contributed by atoms with Crippen LogP contribution in [-0.4, -0.2) is 5.91 Å². The summed E-state index contributed by atoms with van der Waals surface area (Å²) in [6.45, 7) is 3.70. The third-order valence-electron chi connectivity index (χ3n) is 2.28. The highest BCUT2D eigenvalue weighted by molar-refractivity contribution is 5.95. The molecule has 0 aliphatic carbocycles. The Labute approximate surface area is 77.3 Å². The highest BCUT2D eigenvalue weighted by atomic mass is 16.2. The number of amides is 1. The van der Waals surface area contributed by atoms with Gasteiger partial charge >= 0.3 is 0 Å². The molecule has 1 aliphatic heterocycles. The van der Waals surface area contributed by atoms with E-state index in [4.69, 9.17) is 0 Å². The lowest BCUT2D eigenvalue weighted by atomic mass is 10.0. The van der Waals surface area contributed by atoms with Crippen molar-refractivity contribution in [3.8, 4) is 0 Å². The second kappa shape index (κ2) is 3.05. The highest BCUT2D eigenvalue weighted by Gasteiger charge is 2.25. The largest absolute Gasteiger partial charge is 0.345 e. The van der Waals surface area contributed by atoms with Crippen LogP contribution >= 0.6 is 0 Å². The monoisotopic (exact) mass is 173 g/mol. The minimum absolute atomic E-state index is 0.0196. The number of carbonyl (C=O) groups excluding carboxylic acids is 1.